The summed E-state index contributed by atoms with van der Waals surface area (Å²) in [5.41, 5.74) is 6.62. The first kappa shape index (κ1) is 13.4. The van der Waals surface area contributed by atoms with Crippen LogP contribution in [0.4, 0.5) is 8.78 Å². The van der Waals surface area contributed by atoms with Gasteiger partial charge in [0, 0.05) is 13.2 Å². The summed E-state index contributed by atoms with van der Waals surface area (Å²) in [7, 11) is 1.68. The minimum atomic E-state index is -0.824. The van der Waals surface area contributed by atoms with Crippen molar-refractivity contribution in [2.24, 2.45) is 5.73 Å². The van der Waals surface area contributed by atoms with Crippen LogP contribution in [0.25, 0.3) is 0 Å². The molecule has 1 saturated carbocycles. The highest BCUT2D eigenvalue weighted by Crippen LogP contribution is 2.36. The van der Waals surface area contributed by atoms with Crippen molar-refractivity contribution >= 4 is 0 Å². The average molecular weight is 255 g/mol. The number of ether oxygens (including phenoxy) is 1. The second-order valence-corrected chi connectivity index (χ2v) is 5.04. The maximum absolute atomic E-state index is 13.1. The number of rotatable bonds is 4. The molecule has 0 spiro atoms. The van der Waals surface area contributed by atoms with Gasteiger partial charge in [0.25, 0.3) is 0 Å². The van der Waals surface area contributed by atoms with Gasteiger partial charge in [0.15, 0.2) is 11.6 Å². The van der Waals surface area contributed by atoms with Gasteiger partial charge in [0.1, 0.15) is 0 Å². The Morgan fingerprint density at radius 2 is 1.94 bits per heavy atom. The van der Waals surface area contributed by atoms with Crippen molar-refractivity contribution in [3.63, 3.8) is 0 Å². The molecule has 0 amide bonds. The Kier molecular flexibility index (Phi) is 3.97. The van der Waals surface area contributed by atoms with Gasteiger partial charge >= 0.3 is 0 Å². The Morgan fingerprint density at radius 1 is 1.28 bits per heavy atom. The summed E-state index contributed by atoms with van der Waals surface area (Å²) in [6.07, 6.45) is 4.60. The van der Waals surface area contributed by atoms with E-state index in [0.717, 1.165) is 31.7 Å². The Labute approximate surface area is 106 Å². The molecule has 1 aliphatic rings. The number of hydrogen-bond donors (Lipinski definition) is 1. The van der Waals surface area contributed by atoms with Gasteiger partial charge in [-0.3, -0.25) is 0 Å². The summed E-state index contributed by atoms with van der Waals surface area (Å²) in [4.78, 5) is 0. The lowest BCUT2D eigenvalue weighted by Crippen LogP contribution is -2.48. The molecular weight excluding hydrogens is 236 g/mol. The monoisotopic (exact) mass is 255 g/mol. The van der Waals surface area contributed by atoms with E-state index < -0.39 is 11.6 Å². The van der Waals surface area contributed by atoms with E-state index in [9.17, 15) is 8.78 Å². The highest BCUT2D eigenvalue weighted by molar-refractivity contribution is 5.20. The van der Waals surface area contributed by atoms with Crippen molar-refractivity contribution in [1.29, 1.82) is 0 Å². The van der Waals surface area contributed by atoms with E-state index in [0.29, 0.717) is 12.0 Å². The van der Waals surface area contributed by atoms with E-state index in [4.69, 9.17) is 10.5 Å². The summed E-state index contributed by atoms with van der Waals surface area (Å²) < 4.78 is 31.6. The number of methoxy groups -OCH3 is 1. The number of hydrogen-bond acceptors (Lipinski definition) is 2. The third-order valence-electron chi connectivity index (χ3n) is 3.97. The summed E-state index contributed by atoms with van der Waals surface area (Å²) in [5, 5.41) is 0. The van der Waals surface area contributed by atoms with Gasteiger partial charge in [-0.05, 0) is 37.0 Å². The molecule has 0 aliphatic heterocycles. The van der Waals surface area contributed by atoms with E-state index in [1.807, 2.05) is 0 Å². The molecule has 100 valence electrons. The van der Waals surface area contributed by atoms with Crippen molar-refractivity contribution in [1.82, 2.24) is 0 Å². The SMILES string of the molecule is COC1(C(N)Cc2ccc(F)c(F)c2)CCCC1. The van der Waals surface area contributed by atoms with Crippen LogP contribution >= 0.6 is 0 Å². The quantitative estimate of drug-likeness (QED) is 0.898. The Balaban J connectivity index is 2.10. The van der Waals surface area contributed by atoms with Crippen LogP contribution < -0.4 is 5.73 Å². The molecule has 1 unspecified atom stereocenters. The molecule has 0 aromatic heterocycles. The van der Waals surface area contributed by atoms with Gasteiger partial charge in [-0.15, -0.1) is 0 Å². The first-order valence-corrected chi connectivity index (χ1v) is 6.32. The van der Waals surface area contributed by atoms with Crippen molar-refractivity contribution in [2.45, 2.75) is 43.7 Å². The molecular formula is C14H19F2NO. The largest absolute Gasteiger partial charge is 0.377 e. The predicted molar refractivity (Wildman–Crippen MR) is 66.2 cm³/mol. The smallest absolute Gasteiger partial charge is 0.159 e. The summed E-state index contributed by atoms with van der Waals surface area (Å²) in [6, 6.07) is 3.75. The highest BCUT2D eigenvalue weighted by Gasteiger charge is 2.39. The minimum absolute atomic E-state index is 0.185. The molecule has 18 heavy (non-hydrogen) atoms. The van der Waals surface area contributed by atoms with Crippen LogP contribution in [0, 0.1) is 11.6 Å². The third-order valence-corrected chi connectivity index (χ3v) is 3.97. The molecule has 1 atom stereocenters. The summed E-state index contributed by atoms with van der Waals surface area (Å²) in [6.45, 7) is 0. The fourth-order valence-corrected chi connectivity index (χ4v) is 2.81. The minimum Gasteiger partial charge on any atom is -0.377 e. The van der Waals surface area contributed by atoms with E-state index in [1.165, 1.54) is 6.07 Å². The lowest BCUT2D eigenvalue weighted by molar-refractivity contribution is -0.0253. The zero-order valence-corrected chi connectivity index (χ0v) is 10.6. The van der Waals surface area contributed by atoms with Crippen molar-refractivity contribution in [2.75, 3.05) is 7.11 Å². The third kappa shape index (κ3) is 2.54. The zero-order chi connectivity index (χ0) is 13.2. The topological polar surface area (TPSA) is 35.2 Å². The van der Waals surface area contributed by atoms with E-state index in [2.05, 4.69) is 0 Å². The number of nitrogens with two attached hydrogens (primary N) is 1. The second kappa shape index (κ2) is 5.33. The molecule has 0 heterocycles. The normalized spacial score (nSPS) is 20.0. The second-order valence-electron chi connectivity index (χ2n) is 5.04. The van der Waals surface area contributed by atoms with Gasteiger partial charge < -0.3 is 10.5 Å². The molecule has 1 aromatic carbocycles. The number of benzene rings is 1. The average Bonchev–Trinajstić information content (AvgIpc) is 2.84. The molecule has 0 saturated heterocycles. The number of halogens is 2. The van der Waals surface area contributed by atoms with Crippen LogP contribution in [0.3, 0.4) is 0 Å². The van der Waals surface area contributed by atoms with Crippen molar-refractivity contribution in [3.8, 4) is 0 Å². The molecule has 0 bridgehead atoms. The van der Waals surface area contributed by atoms with Crippen LogP contribution in [-0.2, 0) is 11.2 Å². The molecule has 1 aliphatic carbocycles. The molecule has 1 fully saturated rings. The highest BCUT2D eigenvalue weighted by atomic mass is 19.2. The molecule has 2 N–H and O–H groups in total. The van der Waals surface area contributed by atoms with E-state index in [1.54, 1.807) is 13.2 Å². The Morgan fingerprint density at radius 3 is 2.50 bits per heavy atom. The Bertz CT molecular complexity index is 416. The van der Waals surface area contributed by atoms with Gasteiger partial charge in [-0.2, -0.15) is 0 Å². The molecule has 1 aromatic rings. The van der Waals surface area contributed by atoms with E-state index >= 15 is 0 Å². The van der Waals surface area contributed by atoms with Crippen LogP contribution in [-0.4, -0.2) is 18.8 Å². The van der Waals surface area contributed by atoms with Crippen molar-refractivity contribution < 1.29 is 13.5 Å². The summed E-state index contributed by atoms with van der Waals surface area (Å²) in [5.74, 6) is -1.65. The van der Waals surface area contributed by atoms with E-state index in [-0.39, 0.29) is 11.6 Å². The lowest BCUT2D eigenvalue weighted by atomic mass is 9.88. The maximum atomic E-state index is 13.1. The first-order valence-electron chi connectivity index (χ1n) is 6.32. The molecule has 4 heteroatoms. The predicted octanol–water partition coefficient (Wildman–Crippen LogP) is 2.79. The lowest BCUT2D eigenvalue weighted by Gasteiger charge is -2.34. The van der Waals surface area contributed by atoms with Gasteiger partial charge in [0.05, 0.1) is 5.60 Å². The van der Waals surface area contributed by atoms with Gasteiger partial charge in [0.2, 0.25) is 0 Å². The molecule has 2 rings (SSSR count). The molecule has 2 nitrogen and oxygen atoms in total. The standard InChI is InChI=1S/C14H19F2NO/c1-18-14(6-2-3-7-14)13(17)9-10-4-5-11(15)12(16)8-10/h4-5,8,13H,2-3,6-7,9,17H2,1H3. The fourth-order valence-electron chi connectivity index (χ4n) is 2.81. The van der Waals surface area contributed by atoms with Crippen LogP contribution in [0.15, 0.2) is 18.2 Å². The van der Waals surface area contributed by atoms with Gasteiger partial charge in [-0.25, -0.2) is 8.78 Å². The van der Waals surface area contributed by atoms with Crippen LogP contribution in [0.5, 0.6) is 0 Å². The summed E-state index contributed by atoms with van der Waals surface area (Å²) >= 11 is 0. The first-order chi connectivity index (χ1) is 8.57. The van der Waals surface area contributed by atoms with Crippen molar-refractivity contribution in [3.05, 3.63) is 35.4 Å². The van der Waals surface area contributed by atoms with Crippen LogP contribution in [0.1, 0.15) is 31.2 Å². The Hall–Kier alpha value is -1.00. The van der Waals surface area contributed by atoms with Crippen LogP contribution in [0.2, 0.25) is 0 Å². The fraction of sp³-hybridized carbons (Fsp3) is 0.571. The van der Waals surface area contributed by atoms with Gasteiger partial charge in [-0.1, -0.05) is 18.9 Å². The molecule has 0 radical (unpaired) electrons. The maximum Gasteiger partial charge on any atom is 0.159 e. The zero-order valence-electron chi connectivity index (χ0n) is 10.6.